The molecule has 0 aliphatic carbocycles. The molecule has 0 amide bonds. The number of benzene rings is 1. The van der Waals surface area contributed by atoms with Crippen LogP contribution in [0.1, 0.15) is 29.6 Å². The van der Waals surface area contributed by atoms with Crippen LogP contribution in [0.5, 0.6) is 0 Å². The Balaban J connectivity index is 1.58. The number of hydrogen-bond acceptors (Lipinski definition) is 4. The SMILES string of the molecule is CCNc1nc2ccc(CCc3nc(C)c4cc(C)ccn34)cc2o1. The van der Waals surface area contributed by atoms with E-state index in [0.29, 0.717) is 6.01 Å². The number of aryl methyl sites for hydroxylation is 4. The predicted octanol–water partition coefficient (Wildman–Crippen LogP) is 4.31. The van der Waals surface area contributed by atoms with Crippen LogP contribution in [0.25, 0.3) is 16.6 Å². The predicted molar refractivity (Wildman–Crippen MR) is 100 cm³/mol. The third kappa shape index (κ3) is 2.97. The molecule has 1 aromatic carbocycles. The van der Waals surface area contributed by atoms with Gasteiger partial charge in [-0.15, -0.1) is 0 Å². The number of imidazole rings is 1. The highest BCUT2D eigenvalue weighted by Crippen LogP contribution is 2.21. The molecule has 0 saturated heterocycles. The van der Waals surface area contributed by atoms with Gasteiger partial charge in [0.2, 0.25) is 0 Å². The van der Waals surface area contributed by atoms with Crippen molar-refractivity contribution >= 4 is 22.6 Å². The van der Waals surface area contributed by atoms with Gasteiger partial charge in [0.05, 0.1) is 11.2 Å². The quantitative estimate of drug-likeness (QED) is 0.591. The number of anilines is 1. The van der Waals surface area contributed by atoms with Crippen molar-refractivity contribution in [2.75, 3.05) is 11.9 Å². The van der Waals surface area contributed by atoms with Crippen LogP contribution in [0, 0.1) is 13.8 Å². The van der Waals surface area contributed by atoms with Crippen LogP contribution >= 0.6 is 0 Å². The minimum atomic E-state index is 0.583. The van der Waals surface area contributed by atoms with Crippen LogP contribution in [0.15, 0.2) is 40.9 Å². The van der Waals surface area contributed by atoms with E-state index in [1.54, 1.807) is 0 Å². The lowest BCUT2D eigenvalue weighted by atomic mass is 10.1. The first-order valence-electron chi connectivity index (χ1n) is 8.71. The van der Waals surface area contributed by atoms with Gasteiger partial charge in [-0.3, -0.25) is 0 Å². The van der Waals surface area contributed by atoms with E-state index in [-0.39, 0.29) is 0 Å². The second-order valence-electron chi connectivity index (χ2n) is 6.42. The first kappa shape index (κ1) is 15.7. The Morgan fingerprint density at radius 3 is 2.80 bits per heavy atom. The lowest BCUT2D eigenvalue weighted by Gasteiger charge is -2.03. The van der Waals surface area contributed by atoms with Crippen LogP contribution in [-0.2, 0) is 12.8 Å². The Labute approximate surface area is 146 Å². The number of hydrogen-bond donors (Lipinski definition) is 1. The number of aromatic nitrogens is 3. The summed E-state index contributed by atoms with van der Waals surface area (Å²) in [6.07, 6.45) is 3.92. The summed E-state index contributed by atoms with van der Waals surface area (Å²) in [6.45, 7) is 7.01. The third-order valence-corrected chi connectivity index (χ3v) is 4.47. The van der Waals surface area contributed by atoms with Gasteiger partial charge in [-0.1, -0.05) is 6.07 Å². The van der Waals surface area contributed by atoms with E-state index >= 15 is 0 Å². The monoisotopic (exact) mass is 334 g/mol. The molecular formula is C20H22N4O. The summed E-state index contributed by atoms with van der Waals surface area (Å²) < 4.78 is 7.94. The van der Waals surface area contributed by atoms with Crippen molar-refractivity contribution in [1.29, 1.82) is 0 Å². The molecule has 1 N–H and O–H groups in total. The summed E-state index contributed by atoms with van der Waals surface area (Å²) in [7, 11) is 0. The number of nitrogens with zero attached hydrogens (tertiary/aromatic N) is 3. The number of rotatable bonds is 5. The molecule has 0 saturated carbocycles. The van der Waals surface area contributed by atoms with Gasteiger partial charge < -0.3 is 14.1 Å². The molecule has 5 heteroatoms. The molecule has 25 heavy (non-hydrogen) atoms. The van der Waals surface area contributed by atoms with Crippen molar-refractivity contribution in [1.82, 2.24) is 14.4 Å². The highest BCUT2D eigenvalue weighted by Gasteiger charge is 2.10. The fourth-order valence-electron chi connectivity index (χ4n) is 3.20. The molecule has 0 radical (unpaired) electrons. The Bertz CT molecular complexity index is 1040. The first-order chi connectivity index (χ1) is 12.1. The van der Waals surface area contributed by atoms with Gasteiger partial charge in [-0.05, 0) is 62.6 Å². The molecule has 0 aliphatic heterocycles. The molecule has 0 bridgehead atoms. The van der Waals surface area contributed by atoms with Gasteiger partial charge in [0.25, 0.3) is 6.01 Å². The van der Waals surface area contributed by atoms with E-state index in [4.69, 9.17) is 9.40 Å². The second-order valence-corrected chi connectivity index (χ2v) is 6.42. The van der Waals surface area contributed by atoms with Gasteiger partial charge >= 0.3 is 0 Å². The lowest BCUT2D eigenvalue weighted by Crippen LogP contribution is -1.98. The fourth-order valence-corrected chi connectivity index (χ4v) is 3.20. The number of nitrogens with one attached hydrogen (secondary N) is 1. The molecule has 3 aromatic heterocycles. The van der Waals surface area contributed by atoms with Crippen molar-refractivity contribution in [3.63, 3.8) is 0 Å². The zero-order chi connectivity index (χ0) is 17.4. The summed E-state index contributed by atoms with van der Waals surface area (Å²) in [6, 6.07) is 11.1. The Morgan fingerprint density at radius 2 is 1.96 bits per heavy atom. The fraction of sp³-hybridized carbons (Fsp3) is 0.300. The van der Waals surface area contributed by atoms with E-state index in [0.717, 1.165) is 42.0 Å². The topological polar surface area (TPSA) is 55.4 Å². The highest BCUT2D eigenvalue weighted by atomic mass is 16.4. The van der Waals surface area contributed by atoms with Crippen molar-refractivity contribution in [2.24, 2.45) is 0 Å². The number of oxazole rings is 1. The summed E-state index contributed by atoms with van der Waals surface area (Å²) in [5.74, 6) is 1.10. The van der Waals surface area contributed by atoms with Gasteiger partial charge in [-0.2, -0.15) is 4.98 Å². The average Bonchev–Trinajstić information content (AvgIpc) is 3.13. The van der Waals surface area contributed by atoms with Gasteiger partial charge in [0.15, 0.2) is 5.58 Å². The van der Waals surface area contributed by atoms with Gasteiger partial charge in [0.1, 0.15) is 11.3 Å². The minimum Gasteiger partial charge on any atom is -0.424 e. The maximum atomic E-state index is 5.75. The molecular weight excluding hydrogens is 312 g/mol. The molecule has 0 spiro atoms. The molecule has 0 unspecified atom stereocenters. The third-order valence-electron chi connectivity index (χ3n) is 4.47. The van der Waals surface area contributed by atoms with Gasteiger partial charge in [0, 0.05) is 19.2 Å². The number of fused-ring (bicyclic) bond motifs is 2. The zero-order valence-corrected chi connectivity index (χ0v) is 14.8. The van der Waals surface area contributed by atoms with E-state index in [9.17, 15) is 0 Å². The lowest BCUT2D eigenvalue weighted by molar-refractivity contribution is 0.616. The Hall–Kier alpha value is -2.82. The largest absolute Gasteiger partial charge is 0.424 e. The molecule has 0 aliphatic rings. The van der Waals surface area contributed by atoms with E-state index < -0.39 is 0 Å². The van der Waals surface area contributed by atoms with Crippen LogP contribution in [-0.4, -0.2) is 20.9 Å². The van der Waals surface area contributed by atoms with Crippen molar-refractivity contribution in [2.45, 2.75) is 33.6 Å². The summed E-state index contributed by atoms with van der Waals surface area (Å²) in [4.78, 5) is 9.17. The molecule has 0 fully saturated rings. The average molecular weight is 334 g/mol. The summed E-state index contributed by atoms with van der Waals surface area (Å²) in [5.41, 5.74) is 6.48. The maximum Gasteiger partial charge on any atom is 0.295 e. The van der Waals surface area contributed by atoms with E-state index in [1.807, 2.05) is 13.0 Å². The standard InChI is InChI=1S/C20H22N4O/c1-4-21-20-23-16-7-5-15(12-18(16)25-20)6-8-19-22-14(3)17-11-13(2)9-10-24(17)19/h5,7,9-12H,4,6,8H2,1-3H3,(H,21,23). The van der Waals surface area contributed by atoms with Crippen molar-refractivity contribution in [3.8, 4) is 0 Å². The smallest absolute Gasteiger partial charge is 0.295 e. The molecule has 3 heterocycles. The summed E-state index contributed by atoms with van der Waals surface area (Å²) in [5, 5.41) is 3.11. The van der Waals surface area contributed by atoms with E-state index in [2.05, 4.69) is 59.0 Å². The Kier molecular flexibility index (Phi) is 3.92. The Morgan fingerprint density at radius 1 is 1.08 bits per heavy atom. The van der Waals surface area contributed by atoms with Crippen LogP contribution < -0.4 is 5.32 Å². The molecule has 0 atom stereocenters. The van der Waals surface area contributed by atoms with Crippen LogP contribution in [0.2, 0.25) is 0 Å². The normalized spacial score (nSPS) is 11.5. The van der Waals surface area contributed by atoms with Crippen LogP contribution in [0.4, 0.5) is 6.01 Å². The zero-order valence-electron chi connectivity index (χ0n) is 14.8. The van der Waals surface area contributed by atoms with Crippen molar-refractivity contribution in [3.05, 3.63) is 59.2 Å². The molecule has 4 rings (SSSR count). The molecule has 4 aromatic rings. The van der Waals surface area contributed by atoms with Crippen LogP contribution in [0.3, 0.4) is 0 Å². The van der Waals surface area contributed by atoms with Crippen molar-refractivity contribution < 1.29 is 4.42 Å². The van der Waals surface area contributed by atoms with Gasteiger partial charge in [-0.25, -0.2) is 4.98 Å². The minimum absolute atomic E-state index is 0.583. The second kappa shape index (κ2) is 6.24. The first-order valence-corrected chi connectivity index (χ1v) is 8.71. The summed E-state index contributed by atoms with van der Waals surface area (Å²) >= 11 is 0. The molecule has 128 valence electrons. The molecule has 5 nitrogen and oxygen atoms in total. The van der Waals surface area contributed by atoms with E-state index in [1.165, 1.54) is 16.6 Å². The highest BCUT2D eigenvalue weighted by molar-refractivity contribution is 5.75. The number of pyridine rings is 1. The maximum absolute atomic E-state index is 5.75.